The van der Waals surface area contributed by atoms with Crippen LogP contribution in [0.3, 0.4) is 0 Å². The fourth-order valence-corrected chi connectivity index (χ4v) is 2.67. The molecule has 0 amide bonds. The van der Waals surface area contributed by atoms with E-state index < -0.39 is 17.2 Å². The van der Waals surface area contributed by atoms with Gasteiger partial charge < -0.3 is 0 Å². The smallest absolute Gasteiger partial charge is 0.266 e. The number of benzene rings is 1. The number of fused-ring (bicyclic) bond motifs is 1. The molecule has 0 spiro atoms. The van der Waals surface area contributed by atoms with Gasteiger partial charge in [0.2, 0.25) is 0 Å². The third kappa shape index (κ3) is 2.96. The van der Waals surface area contributed by atoms with Gasteiger partial charge in [-0.05, 0) is 38.0 Å². The van der Waals surface area contributed by atoms with Crippen LogP contribution < -0.4 is 5.56 Å². The van der Waals surface area contributed by atoms with Gasteiger partial charge in [0.15, 0.2) is 0 Å². The minimum atomic E-state index is -0.710. The summed E-state index contributed by atoms with van der Waals surface area (Å²) in [4.78, 5) is 17.0. The molecule has 0 fully saturated rings. The first-order chi connectivity index (χ1) is 11.0. The lowest BCUT2D eigenvalue weighted by Crippen LogP contribution is -2.25. The first-order valence-electron chi connectivity index (χ1n) is 7.74. The molecule has 1 aromatic carbocycles. The molecule has 1 heterocycles. The van der Waals surface area contributed by atoms with Gasteiger partial charge in [-0.2, -0.15) is 0 Å². The van der Waals surface area contributed by atoms with E-state index in [0.717, 1.165) is 10.1 Å². The molecule has 0 atom stereocenters. The fourth-order valence-electron chi connectivity index (χ4n) is 2.67. The zero-order valence-electron chi connectivity index (χ0n) is 13.8. The molecular formula is C18H20F2N2O. The highest BCUT2D eigenvalue weighted by atomic mass is 19.1. The summed E-state index contributed by atoms with van der Waals surface area (Å²) in [6.07, 6.45) is 1.70. The molecule has 5 heteroatoms. The summed E-state index contributed by atoms with van der Waals surface area (Å²) in [6, 6.07) is 5.30. The standard InChI is InChI=1S/C16H14F2N2O.C2H6/c1-9-5-3-8-13-14(9)16(21)20(10(2)19-13)15-11(17)6-4-7-12(15)18;1-2/h3,5-6,8H,4,7H2,1-2H3;1-2H3. The molecular weight excluding hydrogens is 298 g/mol. The Hall–Kier alpha value is -2.30. The van der Waals surface area contributed by atoms with Crippen molar-refractivity contribution in [3.8, 4) is 0 Å². The molecule has 122 valence electrons. The van der Waals surface area contributed by atoms with Crippen molar-refractivity contribution in [2.75, 3.05) is 0 Å². The molecule has 1 aromatic heterocycles. The van der Waals surface area contributed by atoms with E-state index in [1.165, 1.54) is 6.08 Å². The molecule has 0 bridgehead atoms. The molecule has 1 aliphatic rings. The molecule has 3 nitrogen and oxygen atoms in total. The molecule has 3 rings (SSSR count). The normalized spacial score (nSPS) is 14.4. The highest BCUT2D eigenvalue weighted by molar-refractivity contribution is 5.82. The Morgan fingerprint density at radius 2 is 1.87 bits per heavy atom. The molecule has 23 heavy (non-hydrogen) atoms. The number of allylic oxidation sites excluding steroid dienone is 4. The van der Waals surface area contributed by atoms with Gasteiger partial charge in [0.1, 0.15) is 23.2 Å². The number of nitrogens with zero attached hydrogens (tertiary/aromatic N) is 2. The Balaban J connectivity index is 0.000000924. The third-order valence-electron chi connectivity index (χ3n) is 3.67. The fraction of sp³-hybridized carbons (Fsp3) is 0.333. The highest BCUT2D eigenvalue weighted by Gasteiger charge is 2.22. The molecule has 2 aromatic rings. The number of aryl methyl sites for hydroxylation is 2. The number of halogens is 2. The monoisotopic (exact) mass is 318 g/mol. The van der Waals surface area contributed by atoms with Gasteiger partial charge in [-0.3, -0.25) is 9.36 Å². The average molecular weight is 318 g/mol. The van der Waals surface area contributed by atoms with E-state index in [1.807, 2.05) is 13.8 Å². The second-order valence-corrected chi connectivity index (χ2v) is 5.11. The van der Waals surface area contributed by atoms with Crippen molar-refractivity contribution in [1.29, 1.82) is 0 Å². The lowest BCUT2D eigenvalue weighted by molar-refractivity contribution is 0.552. The van der Waals surface area contributed by atoms with Crippen LogP contribution in [0.25, 0.3) is 16.6 Å². The SMILES string of the molecule is CC.Cc1cccc2nc(C)n(C3=C(F)CCC=C3F)c(=O)c12. The summed E-state index contributed by atoms with van der Waals surface area (Å²) in [7, 11) is 0. The van der Waals surface area contributed by atoms with Gasteiger partial charge in [0.05, 0.1) is 10.9 Å². The van der Waals surface area contributed by atoms with E-state index in [9.17, 15) is 13.6 Å². The summed E-state index contributed by atoms with van der Waals surface area (Å²) in [5.74, 6) is -1.05. The average Bonchev–Trinajstić information content (AvgIpc) is 2.51. The van der Waals surface area contributed by atoms with E-state index in [1.54, 1.807) is 32.0 Å². The first kappa shape index (κ1) is 17.1. The maximum atomic E-state index is 14.1. The van der Waals surface area contributed by atoms with Gasteiger partial charge in [-0.25, -0.2) is 13.8 Å². The maximum absolute atomic E-state index is 14.1. The molecule has 0 unspecified atom stereocenters. The van der Waals surface area contributed by atoms with E-state index in [-0.39, 0.29) is 17.9 Å². The van der Waals surface area contributed by atoms with Crippen molar-refractivity contribution in [2.24, 2.45) is 0 Å². The Labute approximate surface area is 134 Å². The zero-order valence-corrected chi connectivity index (χ0v) is 13.8. The first-order valence-corrected chi connectivity index (χ1v) is 7.74. The van der Waals surface area contributed by atoms with Crippen molar-refractivity contribution in [3.63, 3.8) is 0 Å². The van der Waals surface area contributed by atoms with Crippen LogP contribution in [0.1, 0.15) is 38.1 Å². The van der Waals surface area contributed by atoms with E-state index in [2.05, 4.69) is 4.98 Å². The van der Waals surface area contributed by atoms with Gasteiger partial charge in [0, 0.05) is 6.42 Å². The summed E-state index contributed by atoms with van der Waals surface area (Å²) in [5, 5.41) is 0.391. The van der Waals surface area contributed by atoms with E-state index >= 15 is 0 Å². The van der Waals surface area contributed by atoms with Gasteiger partial charge in [0.25, 0.3) is 5.56 Å². The van der Waals surface area contributed by atoms with Crippen molar-refractivity contribution in [2.45, 2.75) is 40.5 Å². The van der Waals surface area contributed by atoms with Crippen LogP contribution in [-0.2, 0) is 0 Å². The number of aromatic nitrogens is 2. The summed E-state index contributed by atoms with van der Waals surface area (Å²) in [5.41, 5.74) is 0.530. The minimum absolute atomic E-state index is 0.0977. The van der Waals surface area contributed by atoms with Crippen LogP contribution in [-0.4, -0.2) is 9.55 Å². The van der Waals surface area contributed by atoms with E-state index in [4.69, 9.17) is 0 Å². The Morgan fingerprint density at radius 1 is 1.17 bits per heavy atom. The summed E-state index contributed by atoms with van der Waals surface area (Å²) in [6.45, 7) is 7.36. The maximum Gasteiger partial charge on any atom is 0.266 e. The van der Waals surface area contributed by atoms with Crippen LogP contribution in [0.2, 0.25) is 0 Å². The second kappa shape index (κ2) is 6.86. The lowest BCUT2D eigenvalue weighted by atomic mass is 10.1. The molecule has 0 saturated heterocycles. The zero-order chi connectivity index (χ0) is 17.1. The van der Waals surface area contributed by atoms with Crippen LogP contribution in [0.4, 0.5) is 8.78 Å². The Morgan fingerprint density at radius 3 is 2.52 bits per heavy atom. The third-order valence-corrected chi connectivity index (χ3v) is 3.67. The summed E-state index contributed by atoms with van der Waals surface area (Å²) < 4.78 is 29.1. The van der Waals surface area contributed by atoms with Crippen molar-refractivity contribution in [1.82, 2.24) is 9.55 Å². The predicted molar refractivity (Wildman–Crippen MR) is 89.6 cm³/mol. The van der Waals surface area contributed by atoms with Gasteiger partial charge >= 0.3 is 0 Å². The topological polar surface area (TPSA) is 34.9 Å². The lowest BCUT2D eigenvalue weighted by Gasteiger charge is -2.17. The quantitative estimate of drug-likeness (QED) is 0.755. The number of hydrogen-bond donors (Lipinski definition) is 0. The molecule has 1 aliphatic carbocycles. The van der Waals surface area contributed by atoms with Gasteiger partial charge in [-0.15, -0.1) is 0 Å². The van der Waals surface area contributed by atoms with Crippen molar-refractivity contribution >= 4 is 16.6 Å². The van der Waals surface area contributed by atoms with Crippen LogP contribution in [0, 0.1) is 13.8 Å². The second-order valence-electron chi connectivity index (χ2n) is 5.11. The molecule has 0 N–H and O–H groups in total. The summed E-state index contributed by atoms with van der Waals surface area (Å²) >= 11 is 0. The Bertz CT molecular complexity index is 863. The van der Waals surface area contributed by atoms with Crippen LogP contribution in [0.5, 0.6) is 0 Å². The molecule has 0 saturated carbocycles. The van der Waals surface area contributed by atoms with Gasteiger partial charge in [-0.1, -0.05) is 26.0 Å². The molecule has 0 aliphatic heterocycles. The number of hydrogen-bond acceptors (Lipinski definition) is 2. The predicted octanol–water partition coefficient (Wildman–Crippen LogP) is 4.82. The largest absolute Gasteiger partial charge is 0.268 e. The van der Waals surface area contributed by atoms with Crippen LogP contribution in [0.15, 0.2) is 40.7 Å². The van der Waals surface area contributed by atoms with Crippen molar-refractivity contribution in [3.05, 3.63) is 57.7 Å². The van der Waals surface area contributed by atoms with Crippen molar-refractivity contribution < 1.29 is 8.78 Å². The Kier molecular flexibility index (Phi) is 5.08. The molecule has 0 radical (unpaired) electrons. The number of rotatable bonds is 1. The van der Waals surface area contributed by atoms with Crippen LogP contribution >= 0.6 is 0 Å². The minimum Gasteiger partial charge on any atom is -0.268 e. The highest BCUT2D eigenvalue weighted by Crippen LogP contribution is 2.30. The van der Waals surface area contributed by atoms with E-state index in [0.29, 0.717) is 17.3 Å².